The Balaban J connectivity index is 1.49. The number of para-hydroxylation sites is 1. The van der Waals surface area contributed by atoms with Crippen LogP contribution in [0.4, 0.5) is 10.5 Å². The number of nitrogens with one attached hydrogen (secondary N) is 1. The van der Waals surface area contributed by atoms with Crippen LogP contribution in [0, 0.1) is 0 Å². The molecule has 0 aromatic heterocycles. The lowest BCUT2D eigenvalue weighted by Crippen LogP contribution is -2.66. The number of carbonyl (C=O) groups excluding carboxylic acids is 2. The van der Waals surface area contributed by atoms with Gasteiger partial charge in [-0.3, -0.25) is 4.79 Å². The molecule has 0 aliphatic carbocycles. The Morgan fingerprint density at radius 3 is 2.36 bits per heavy atom. The summed E-state index contributed by atoms with van der Waals surface area (Å²) in [6.45, 7) is 5.85. The summed E-state index contributed by atoms with van der Waals surface area (Å²) in [6.07, 6.45) is 0. The fourth-order valence-corrected chi connectivity index (χ4v) is 3.33. The fraction of sp³-hybridized carbons (Fsp3) is 0.364. The molecule has 0 atom stereocenters. The van der Waals surface area contributed by atoms with Gasteiger partial charge in [0.2, 0.25) is 0 Å². The van der Waals surface area contributed by atoms with E-state index in [9.17, 15) is 9.59 Å². The van der Waals surface area contributed by atoms with E-state index in [2.05, 4.69) is 5.32 Å². The second-order valence-electron chi connectivity index (χ2n) is 7.27. The molecule has 28 heavy (non-hydrogen) atoms. The third-order valence-electron chi connectivity index (χ3n) is 4.94. The van der Waals surface area contributed by atoms with Crippen molar-refractivity contribution in [3.05, 3.63) is 66.2 Å². The first-order chi connectivity index (χ1) is 13.5. The number of benzene rings is 2. The van der Waals surface area contributed by atoms with Gasteiger partial charge in [-0.25, -0.2) is 4.79 Å². The minimum absolute atomic E-state index is 0.0829. The van der Waals surface area contributed by atoms with E-state index in [-0.39, 0.29) is 11.9 Å². The van der Waals surface area contributed by atoms with Gasteiger partial charge in [-0.2, -0.15) is 0 Å². The molecule has 3 rings (SSSR count). The second-order valence-corrected chi connectivity index (χ2v) is 7.27. The molecule has 1 aliphatic heterocycles. The van der Waals surface area contributed by atoms with Gasteiger partial charge in [0.25, 0.3) is 5.91 Å². The van der Waals surface area contributed by atoms with E-state index in [0.717, 1.165) is 11.3 Å². The third kappa shape index (κ3) is 4.51. The minimum Gasteiger partial charge on any atom is -0.375 e. The molecule has 0 saturated carbocycles. The van der Waals surface area contributed by atoms with Gasteiger partial charge in [0.05, 0.1) is 13.2 Å². The first kappa shape index (κ1) is 19.9. The highest BCUT2D eigenvalue weighted by Crippen LogP contribution is 2.26. The van der Waals surface area contributed by atoms with Gasteiger partial charge in [-0.15, -0.1) is 0 Å². The van der Waals surface area contributed by atoms with Crippen LogP contribution in [0.3, 0.4) is 0 Å². The first-order valence-corrected chi connectivity index (χ1v) is 9.54. The fourth-order valence-electron chi connectivity index (χ4n) is 3.33. The van der Waals surface area contributed by atoms with Gasteiger partial charge < -0.3 is 19.9 Å². The molecule has 1 heterocycles. The van der Waals surface area contributed by atoms with Crippen LogP contribution in [0.5, 0.6) is 0 Å². The number of hydrogen-bond acceptors (Lipinski definition) is 3. The number of urea groups is 1. The van der Waals surface area contributed by atoms with Crippen LogP contribution in [-0.4, -0.2) is 48.6 Å². The van der Waals surface area contributed by atoms with Crippen molar-refractivity contribution in [1.82, 2.24) is 10.2 Å². The van der Waals surface area contributed by atoms with E-state index in [0.29, 0.717) is 32.8 Å². The Hall–Kier alpha value is -2.86. The number of nitrogens with zero attached hydrogens (tertiary/aromatic N) is 2. The molecule has 0 spiro atoms. The van der Waals surface area contributed by atoms with Gasteiger partial charge >= 0.3 is 6.03 Å². The summed E-state index contributed by atoms with van der Waals surface area (Å²) >= 11 is 0. The Kier molecular flexibility index (Phi) is 6.31. The molecule has 148 valence electrons. The lowest BCUT2D eigenvalue weighted by Gasteiger charge is -2.45. The van der Waals surface area contributed by atoms with Crippen molar-refractivity contribution in [3.8, 4) is 0 Å². The lowest BCUT2D eigenvalue weighted by molar-refractivity contribution is -0.129. The van der Waals surface area contributed by atoms with Crippen LogP contribution in [-0.2, 0) is 16.1 Å². The zero-order valence-electron chi connectivity index (χ0n) is 16.4. The number of amides is 3. The normalized spacial score (nSPS) is 16.1. The molecule has 2 aromatic carbocycles. The van der Waals surface area contributed by atoms with Gasteiger partial charge in [0, 0.05) is 25.3 Å². The zero-order valence-corrected chi connectivity index (χ0v) is 16.4. The van der Waals surface area contributed by atoms with Crippen molar-refractivity contribution in [3.63, 3.8) is 0 Å². The van der Waals surface area contributed by atoms with Crippen molar-refractivity contribution in [2.45, 2.75) is 26.0 Å². The van der Waals surface area contributed by atoms with Crippen LogP contribution >= 0.6 is 0 Å². The topological polar surface area (TPSA) is 61.9 Å². The van der Waals surface area contributed by atoms with E-state index in [1.165, 1.54) is 0 Å². The van der Waals surface area contributed by atoms with Crippen LogP contribution in [0.25, 0.3) is 0 Å². The van der Waals surface area contributed by atoms with E-state index in [1.54, 1.807) is 23.6 Å². The second kappa shape index (κ2) is 8.89. The average Bonchev–Trinajstić information content (AvgIpc) is 2.71. The molecule has 6 nitrogen and oxygen atoms in total. The molecule has 0 unspecified atom stereocenters. The van der Waals surface area contributed by atoms with Crippen LogP contribution in [0.15, 0.2) is 60.7 Å². The summed E-state index contributed by atoms with van der Waals surface area (Å²) in [6, 6.07) is 19.2. The summed E-state index contributed by atoms with van der Waals surface area (Å²) in [5.41, 5.74) is 1.04. The maximum absolute atomic E-state index is 13.0. The van der Waals surface area contributed by atoms with Gasteiger partial charge in [-0.1, -0.05) is 48.5 Å². The predicted molar refractivity (Wildman–Crippen MR) is 109 cm³/mol. The van der Waals surface area contributed by atoms with Gasteiger partial charge in [0.1, 0.15) is 5.54 Å². The minimum atomic E-state index is -0.914. The molecular weight excluding hydrogens is 354 g/mol. The average molecular weight is 381 g/mol. The summed E-state index contributed by atoms with van der Waals surface area (Å²) in [5.74, 6) is -0.0829. The van der Waals surface area contributed by atoms with Crippen molar-refractivity contribution < 1.29 is 14.3 Å². The van der Waals surface area contributed by atoms with Crippen molar-refractivity contribution >= 4 is 17.6 Å². The van der Waals surface area contributed by atoms with Crippen molar-refractivity contribution in [1.29, 1.82) is 0 Å². The Morgan fingerprint density at radius 2 is 1.68 bits per heavy atom. The summed E-state index contributed by atoms with van der Waals surface area (Å²) in [5, 5.41) is 2.86. The molecule has 2 aromatic rings. The molecule has 3 amide bonds. The Labute approximate surface area is 166 Å². The highest BCUT2D eigenvalue weighted by atomic mass is 16.5. The maximum atomic E-state index is 13.0. The molecule has 1 fully saturated rings. The molecule has 1 saturated heterocycles. The number of rotatable bonds is 6. The lowest BCUT2D eigenvalue weighted by atomic mass is 9.97. The summed E-state index contributed by atoms with van der Waals surface area (Å²) in [7, 11) is 0. The summed E-state index contributed by atoms with van der Waals surface area (Å²) < 4.78 is 5.60. The molecular formula is C22H27N3O3. The Bertz CT molecular complexity index is 793. The van der Waals surface area contributed by atoms with E-state index < -0.39 is 5.54 Å². The third-order valence-corrected chi connectivity index (χ3v) is 4.94. The maximum Gasteiger partial charge on any atom is 0.318 e. The summed E-state index contributed by atoms with van der Waals surface area (Å²) in [4.78, 5) is 28.9. The van der Waals surface area contributed by atoms with Crippen LogP contribution < -0.4 is 10.2 Å². The molecule has 1 aliphatic rings. The highest BCUT2D eigenvalue weighted by Gasteiger charge is 2.44. The Morgan fingerprint density at radius 1 is 1.04 bits per heavy atom. The highest BCUT2D eigenvalue weighted by molar-refractivity contribution is 6.02. The smallest absolute Gasteiger partial charge is 0.318 e. The largest absolute Gasteiger partial charge is 0.375 e. The molecule has 0 bridgehead atoms. The van der Waals surface area contributed by atoms with Crippen LogP contribution in [0.2, 0.25) is 0 Å². The SMILES string of the molecule is CC1(C)C(=O)N(c2ccccc2)CCN1C(=O)NCCOCc1ccccc1. The zero-order chi connectivity index (χ0) is 20.0. The molecule has 1 N–H and O–H groups in total. The number of carbonyl (C=O) groups is 2. The number of hydrogen-bond donors (Lipinski definition) is 1. The van der Waals surface area contributed by atoms with Gasteiger partial charge in [-0.05, 0) is 31.5 Å². The van der Waals surface area contributed by atoms with E-state index in [4.69, 9.17) is 4.74 Å². The molecule has 6 heteroatoms. The van der Waals surface area contributed by atoms with Crippen molar-refractivity contribution in [2.75, 3.05) is 31.1 Å². The number of anilines is 1. The molecule has 0 radical (unpaired) electrons. The number of piperazine rings is 1. The first-order valence-electron chi connectivity index (χ1n) is 9.54. The van der Waals surface area contributed by atoms with E-state index in [1.807, 2.05) is 60.7 Å². The van der Waals surface area contributed by atoms with E-state index >= 15 is 0 Å². The van der Waals surface area contributed by atoms with Crippen LogP contribution in [0.1, 0.15) is 19.4 Å². The predicted octanol–water partition coefficient (Wildman–Crippen LogP) is 3.04. The standard InChI is InChI=1S/C22H27N3O3/c1-22(2)20(26)24(19-11-7-4-8-12-19)14-15-25(22)21(27)23-13-16-28-17-18-9-5-3-6-10-18/h3-12H,13-17H2,1-2H3,(H,23,27). The number of ether oxygens (including phenoxy) is 1. The van der Waals surface area contributed by atoms with Crippen molar-refractivity contribution in [2.24, 2.45) is 0 Å². The quantitative estimate of drug-likeness (QED) is 0.783. The monoisotopic (exact) mass is 381 g/mol. The van der Waals surface area contributed by atoms with Gasteiger partial charge in [0.15, 0.2) is 0 Å².